The van der Waals surface area contributed by atoms with Gasteiger partial charge in [0.15, 0.2) is 23.9 Å². The number of halogens is 1. The molecule has 0 spiro atoms. The van der Waals surface area contributed by atoms with Crippen LogP contribution in [0.4, 0.5) is 10.1 Å². The van der Waals surface area contributed by atoms with Crippen LogP contribution in [0.3, 0.4) is 0 Å². The number of carbonyl (C=O) groups is 1. The first-order valence-corrected chi connectivity index (χ1v) is 12.0. The SMILES string of the molecule is O=C(COc1ccccc1F)Nc1cc(S(=O)(=O)N2CCOCC2)ccc1Oc1ccccc1. The maximum absolute atomic E-state index is 13.8. The molecule has 8 nitrogen and oxygen atoms in total. The molecule has 1 amide bonds. The zero-order valence-electron chi connectivity index (χ0n) is 18.1. The molecule has 3 aromatic rings. The highest BCUT2D eigenvalue weighted by Crippen LogP contribution is 2.33. The minimum absolute atomic E-state index is 0.000124. The summed E-state index contributed by atoms with van der Waals surface area (Å²) in [7, 11) is -3.81. The number of rotatable bonds is 8. The zero-order chi connectivity index (χ0) is 24.0. The number of amides is 1. The van der Waals surface area contributed by atoms with E-state index in [1.54, 1.807) is 30.3 Å². The van der Waals surface area contributed by atoms with Crippen molar-refractivity contribution in [1.82, 2.24) is 4.31 Å². The third kappa shape index (κ3) is 5.71. The van der Waals surface area contributed by atoms with E-state index in [4.69, 9.17) is 14.2 Å². The first-order chi connectivity index (χ1) is 16.4. The van der Waals surface area contributed by atoms with Crippen LogP contribution in [0.2, 0.25) is 0 Å². The lowest BCUT2D eigenvalue weighted by Crippen LogP contribution is -2.40. The van der Waals surface area contributed by atoms with Crippen LogP contribution in [0.5, 0.6) is 17.2 Å². The fourth-order valence-electron chi connectivity index (χ4n) is 3.30. The Bertz CT molecular complexity index is 1250. The lowest BCUT2D eigenvalue weighted by Gasteiger charge is -2.26. The number of nitrogens with one attached hydrogen (secondary N) is 1. The number of morpholine rings is 1. The third-order valence-corrected chi connectivity index (χ3v) is 6.89. The number of benzene rings is 3. The van der Waals surface area contributed by atoms with Gasteiger partial charge in [-0.1, -0.05) is 30.3 Å². The molecule has 3 aromatic carbocycles. The van der Waals surface area contributed by atoms with Gasteiger partial charge in [0, 0.05) is 13.1 Å². The number of ether oxygens (including phenoxy) is 3. The van der Waals surface area contributed by atoms with E-state index in [2.05, 4.69) is 5.32 Å². The molecule has 178 valence electrons. The van der Waals surface area contributed by atoms with Gasteiger partial charge in [-0.25, -0.2) is 12.8 Å². The van der Waals surface area contributed by atoms with Gasteiger partial charge in [-0.3, -0.25) is 4.79 Å². The fourth-order valence-corrected chi connectivity index (χ4v) is 4.73. The Morgan fingerprint density at radius 2 is 1.68 bits per heavy atom. The van der Waals surface area contributed by atoms with E-state index in [1.165, 1.54) is 40.7 Å². The van der Waals surface area contributed by atoms with Gasteiger partial charge in [0.25, 0.3) is 5.91 Å². The number of hydrogen-bond donors (Lipinski definition) is 1. The first kappa shape index (κ1) is 23.7. The summed E-state index contributed by atoms with van der Waals surface area (Å²) in [4.78, 5) is 12.6. The van der Waals surface area contributed by atoms with Crippen LogP contribution in [-0.4, -0.2) is 51.5 Å². The van der Waals surface area contributed by atoms with E-state index in [9.17, 15) is 17.6 Å². The van der Waals surface area contributed by atoms with Gasteiger partial charge in [0.1, 0.15) is 5.75 Å². The van der Waals surface area contributed by atoms with E-state index in [0.717, 1.165) is 0 Å². The van der Waals surface area contributed by atoms with Crippen LogP contribution in [0.1, 0.15) is 0 Å². The largest absolute Gasteiger partial charge is 0.481 e. The molecule has 0 saturated carbocycles. The molecule has 1 heterocycles. The molecule has 4 rings (SSSR count). The minimum Gasteiger partial charge on any atom is -0.481 e. The van der Waals surface area contributed by atoms with Crippen LogP contribution in [0.25, 0.3) is 0 Å². The molecular formula is C24H23FN2O6S. The van der Waals surface area contributed by atoms with Crippen molar-refractivity contribution >= 4 is 21.6 Å². The lowest BCUT2D eigenvalue weighted by molar-refractivity contribution is -0.118. The predicted octanol–water partition coefficient (Wildman–Crippen LogP) is 3.66. The van der Waals surface area contributed by atoms with Gasteiger partial charge in [-0.15, -0.1) is 0 Å². The monoisotopic (exact) mass is 486 g/mol. The summed E-state index contributed by atoms with van der Waals surface area (Å²) >= 11 is 0. The van der Waals surface area contributed by atoms with Crippen molar-refractivity contribution in [3.63, 3.8) is 0 Å². The second kappa shape index (κ2) is 10.6. The Hall–Kier alpha value is -3.47. The van der Waals surface area contributed by atoms with Crippen LogP contribution in [-0.2, 0) is 19.6 Å². The maximum atomic E-state index is 13.8. The molecule has 0 radical (unpaired) electrons. The summed E-state index contributed by atoms with van der Waals surface area (Å²) in [5.74, 6) is -0.526. The third-order valence-electron chi connectivity index (χ3n) is 5.00. The van der Waals surface area contributed by atoms with Gasteiger partial charge in [0.05, 0.1) is 23.8 Å². The average molecular weight is 487 g/mol. The normalized spacial score (nSPS) is 14.4. The summed E-state index contributed by atoms with van der Waals surface area (Å²) in [5.41, 5.74) is 0.139. The van der Waals surface area contributed by atoms with E-state index in [1.807, 2.05) is 6.07 Å². The maximum Gasteiger partial charge on any atom is 0.262 e. The Labute approximate surface area is 196 Å². The molecule has 0 bridgehead atoms. The molecule has 0 aliphatic carbocycles. The highest BCUT2D eigenvalue weighted by atomic mass is 32.2. The molecule has 0 unspecified atom stereocenters. The molecule has 1 N–H and O–H groups in total. The lowest BCUT2D eigenvalue weighted by atomic mass is 10.2. The molecule has 10 heteroatoms. The predicted molar refractivity (Wildman–Crippen MR) is 123 cm³/mol. The molecular weight excluding hydrogens is 463 g/mol. The van der Waals surface area contributed by atoms with Crippen molar-refractivity contribution in [1.29, 1.82) is 0 Å². The number of para-hydroxylation sites is 2. The second-order valence-electron chi connectivity index (χ2n) is 7.36. The first-order valence-electron chi connectivity index (χ1n) is 10.6. The Morgan fingerprint density at radius 1 is 0.971 bits per heavy atom. The molecule has 1 aliphatic heterocycles. The molecule has 34 heavy (non-hydrogen) atoms. The van der Waals surface area contributed by atoms with Crippen LogP contribution in [0.15, 0.2) is 77.7 Å². The smallest absolute Gasteiger partial charge is 0.262 e. The van der Waals surface area contributed by atoms with Gasteiger partial charge in [-0.05, 0) is 42.5 Å². The number of anilines is 1. The highest BCUT2D eigenvalue weighted by Gasteiger charge is 2.27. The number of hydrogen-bond acceptors (Lipinski definition) is 6. The standard InChI is InChI=1S/C24H23FN2O6S/c25-20-8-4-5-9-22(20)32-17-24(28)26-21-16-19(34(29,30)27-12-14-31-15-13-27)10-11-23(21)33-18-6-2-1-3-7-18/h1-11,16H,12-15,17H2,(H,26,28). The molecule has 1 saturated heterocycles. The Morgan fingerprint density at radius 3 is 2.41 bits per heavy atom. The summed E-state index contributed by atoms with van der Waals surface area (Å²) in [6.07, 6.45) is 0. The van der Waals surface area contributed by atoms with Crippen molar-refractivity contribution in [3.8, 4) is 17.2 Å². The summed E-state index contributed by atoms with van der Waals surface area (Å²) in [6, 6.07) is 18.8. The highest BCUT2D eigenvalue weighted by molar-refractivity contribution is 7.89. The quantitative estimate of drug-likeness (QED) is 0.522. The number of nitrogens with zero attached hydrogens (tertiary/aromatic N) is 1. The van der Waals surface area contributed by atoms with Crippen molar-refractivity contribution in [3.05, 3.63) is 78.6 Å². The fraction of sp³-hybridized carbons (Fsp3) is 0.208. The van der Waals surface area contributed by atoms with Crippen molar-refractivity contribution in [2.75, 3.05) is 38.2 Å². The number of sulfonamides is 1. The van der Waals surface area contributed by atoms with Gasteiger partial charge >= 0.3 is 0 Å². The summed E-state index contributed by atoms with van der Waals surface area (Å²) in [6.45, 7) is 0.620. The van der Waals surface area contributed by atoms with E-state index < -0.39 is 28.4 Å². The van der Waals surface area contributed by atoms with Gasteiger partial charge in [-0.2, -0.15) is 4.31 Å². The van der Waals surface area contributed by atoms with Gasteiger partial charge < -0.3 is 19.5 Å². The number of carbonyl (C=O) groups excluding carboxylic acids is 1. The minimum atomic E-state index is -3.81. The summed E-state index contributed by atoms with van der Waals surface area (Å²) < 4.78 is 57.6. The molecule has 0 atom stereocenters. The molecule has 1 aliphatic rings. The average Bonchev–Trinajstić information content (AvgIpc) is 2.86. The second-order valence-corrected chi connectivity index (χ2v) is 9.29. The molecule has 0 aromatic heterocycles. The van der Waals surface area contributed by atoms with Gasteiger partial charge in [0.2, 0.25) is 10.0 Å². The van der Waals surface area contributed by atoms with Crippen LogP contribution in [0, 0.1) is 5.82 Å². The topological polar surface area (TPSA) is 94.2 Å². The van der Waals surface area contributed by atoms with Crippen LogP contribution < -0.4 is 14.8 Å². The van der Waals surface area contributed by atoms with E-state index >= 15 is 0 Å². The van der Waals surface area contributed by atoms with Crippen molar-refractivity contribution in [2.24, 2.45) is 0 Å². The van der Waals surface area contributed by atoms with E-state index in [0.29, 0.717) is 19.0 Å². The summed E-state index contributed by atoms with van der Waals surface area (Å²) in [5, 5.41) is 2.62. The Kier molecular flexibility index (Phi) is 7.41. The van der Waals surface area contributed by atoms with Crippen molar-refractivity contribution in [2.45, 2.75) is 4.90 Å². The van der Waals surface area contributed by atoms with Crippen LogP contribution >= 0.6 is 0 Å². The van der Waals surface area contributed by atoms with E-state index in [-0.39, 0.29) is 35.2 Å². The Balaban J connectivity index is 1.58. The molecule has 1 fully saturated rings. The zero-order valence-corrected chi connectivity index (χ0v) is 19.0. The van der Waals surface area contributed by atoms with Crippen molar-refractivity contribution < 1.29 is 31.8 Å².